The van der Waals surface area contributed by atoms with Gasteiger partial charge in [0.2, 0.25) is 0 Å². The zero-order valence-corrected chi connectivity index (χ0v) is 8.96. The molecule has 0 unspecified atom stereocenters. The fourth-order valence-corrected chi connectivity index (χ4v) is 1.34. The van der Waals surface area contributed by atoms with Crippen LogP contribution in [-0.2, 0) is 0 Å². The van der Waals surface area contributed by atoms with Crippen molar-refractivity contribution in [3.05, 3.63) is 65.7 Å². The number of aldehydes is 1. The number of rotatable bonds is 3. The third-order valence-corrected chi connectivity index (χ3v) is 2.22. The van der Waals surface area contributed by atoms with Gasteiger partial charge >= 0.3 is 0 Å². The van der Waals surface area contributed by atoms with Gasteiger partial charge in [-0.3, -0.25) is 9.59 Å². The molecule has 2 aromatic rings. The Balaban J connectivity index is 2.12. The molecular formula is C14H9NO2. The fourth-order valence-electron chi connectivity index (χ4n) is 1.34. The van der Waals surface area contributed by atoms with Crippen molar-refractivity contribution < 1.29 is 9.59 Å². The van der Waals surface area contributed by atoms with E-state index in [1.54, 1.807) is 48.5 Å². The first-order valence-electron chi connectivity index (χ1n) is 5.07. The maximum Gasteiger partial charge on any atom is 0.277 e. The van der Waals surface area contributed by atoms with Crippen LogP contribution in [0.3, 0.4) is 0 Å². The van der Waals surface area contributed by atoms with Crippen LogP contribution in [-0.4, -0.2) is 12.2 Å². The van der Waals surface area contributed by atoms with Crippen LogP contribution >= 0.6 is 0 Å². The Morgan fingerprint density at radius 2 is 1.71 bits per heavy atom. The Bertz CT molecular complexity index is 518. The van der Waals surface area contributed by atoms with E-state index in [-0.39, 0.29) is 5.91 Å². The highest BCUT2D eigenvalue weighted by atomic mass is 16.1. The standard InChI is InChI=1S/C14H9NO2/c16-10-11-6-8-12(9-7-11)14(17)15-13-4-2-1-3-5-13/h2-10H. The minimum Gasteiger partial charge on any atom is -0.298 e. The largest absolute Gasteiger partial charge is 0.298 e. The molecule has 0 aliphatic rings. The molecule has 2 radical (unpaired) electrons. The van der Waals surface area contributed by atoms with Crippen molar-refractivity contribution in [2.24, 2.45) is 0 Å². The van der Waals surface area contributed by atoms with Crippen LogP contribution in [0.15, 0.2) is 48.5 Å². The third-order valence-electron chi connectivity index (χ3n) is 2.22. The predicted octanol–water partition coefficient (Wildman–Crippen LogP) is 2.38. The first kappa shape index (κ1) is 11.1. The summed E-state index contributed by atoms with van der Waals surface area (Å²) in [5, 5.41) is 3.94. The number of nitrogens with zero attached hydrogens (tertiary/aromatic N) is 1. The molecule has 0 atom stereocenters. The van der Waals surface area contributed by atoms with E-state index in [0.717, 1.165) is 6.29 Å². The van der Waals surface area contributed by atoms with Gasteiger partial charge in [-0.25, -0.2) is 5.32 Å². The van der Waals surface area contributed by atoms with E-state index in [1.165, 1.54) is 0 Å². The van der Waals surface area contributed by atoms with E-state index < -0.39 is 0 Å². The lowest BCUT2D eigenvalue weighted by Gasteiger charge is -2.01. The molecule has 3 heteroatoms. The quantitative estimate of drug-likeness (QED) is 0.750. The molecule has 82 valence electrons. The monoisotopic (exact) mass is 223 g/mol. The predicted molar refractivity (Wildman–Crippen MR) is 63.2 cm³/mol. The van der Waals surface area contributed by atoms with Gasteiger partial charge in [-0.05, 0) is 30.3 Å². The second-order valence-corrected chi connectivity index (χ2v) is 3.42. The second-order valence-electron chi connectivity index (χ2n) is 3.42. The first-order chi connectivity index (χ1) is 8.29. The van der Waals surface area contributed by atoms with Crippen molar-refractivity contribution in [1.82, 2.24) is 5.32 Å². The Morgan fingerprint density at radius 1 is 1.06 bits per heavy atom. The molecule has 0 heterocycles. The van der Waals surface area contributed by atoms with Crippen molar-refractivity contribution in [1.29, 1.82) is 0 Å². The molecule has 0 aromatic heterocycles. The molecule has 0 saturated heterocycles. The summed E-state index contributed by atoms with van der Waals surface area (Å²) in [7, 11) is 0. The summed E-state index contributed by atoms with van der Waals surface area (Å²) in [5.74, 6) is -0.325. The second kappa shape index (κ2) is 5.07. The molecule has 0 bridgehead atoms. The lowest BCUT2D eigenvalue weighted by Crippen LogP contribution is -2.10. The van der Waals surface area contributed by atoms with E-state index in [4.69, 9.17) is 0 Å². The fraction of sp³-hybridized carbons (Fsp3) is 0. The number of hydrogen-bond acceptors (Lipinski definition) is 2. The molecule has 0 aliphatic carbocycles. The van der Waals surface area contributed by atoms with Crippen LogP contribution in [0.1, 0.15) is 20.7 Å². The highest BCUT2D eigenvalue weighted by Crippen LogP contribution is 2.09. The highest BCUT2D eigenvalue weighted by Gasteiger charge is 2.07. The van der Waals surface area contributed by atoms with Gasteiger partial charge in [-0.1, -0.05) is 24.3 Å². The van der Waals surface area contributed by atoms with Gasteiger partial charge in [0.15, 0.2) is 0 Å². The van der Waals surface area contributed by atoms with Crippen LogP contribution in [0.5, 0.6) is 0 Å². The molecule has 0 fully saturated rings. The Labute approximate surface area is 99.1 Å². The molecule has 0 N–H and O–H groups in total. The van der Waals surface area contributed by atoms with E-state index >= 15 is 0 Å². The average Bonchev–Trinajstić information content (AvgIpc) is 2.40. The van der Waals surface area contributed by atoms with Gasteiger partial charge in [0, 0.05) is 11.1 Å². The number of carbonyl (C=O) groups excluding carboxylic acids is 2. The van der Waals surface area contributed by atoms with Gasteiger partial charge in [-0.2, -0.15) is 0 Å². The van der Waals surface area contributed by atoms with Gasteiger partial charge in [-0.15, -0.1) is 0 Å². The average molecular weight is 223 g/mol. The number of amides is 1. The molecule has 1 amide bonds. The summed E-state index contributed by atoms with van der Waals surface area (Å²) in [6.45, 7) is 0. The summed E-state index contributed by atoms with van der Waals surface area (Å²) in [5.41, 5.74) is 1.59. The van der Waals surface area contributed by atoms with Gasteiger partial charge in [0.25, 0.3) is 5.91 Å². The molecular weight excluding hydrogens is 214 g/mol. The molecule has 17 heavy (non-hydrogen) atoms. The van der Waals surface area contributed by atoms with Crippen molar-refractivity contribution in [2.75, 3.05) is 0 Å². The van der Waals surface area contributed by atoms with Crippen LogP contribution in [0, 0.1) is 6.07 Å². The maximum absolute atomic E-state index is 11.7. The zero-order chi connectivity index (χ0) is 12.1. The topological polar surface area (TPSA) is 48.2 Å². The molecule has 3 nitrogen and oxygen atoms in total. The molecule has 2 aromatic carbocycles. The van der Waals surface area contributed by atoms with Crippen molar-refractivity contribution in [3.8, 4) is 0 Å². The first-order valence-corrected chi connectivity index (χ1v) is 5.07. The summed E-state index contributed by atoms with van der Waals surface area (Å²) < 4.78 is 0. The summed E-state index contributed by atoms with van der Waals surface area (Å²) in [6.07, 6.45) is 0.735. The Hall–Kier alpha value is -2.42. The van der Waals surface area contributed by atoms with Crippen molar-refractivity contribution >= 4 is 17.9 Å². The van der Waals surface area contributed by atoms with Crippen LogP contribution in [0.2, 0.25) is 0 Å². The Kier molecular flexibility index (Phi) is 3.31. The van der Waals surface area contributed by atoms with Gasteiger partial charge in [0.1, 0.15) is 6.29 Å². The SMILES string of the molecule is O=Cc1ccc(C(=O)[N]c2cc[c]cc2)cc1. The lowest BCUT2D eigenvalue weighted by atomic mass is 10.1. The van der Waals surface area contributed by atoms with Crippen LogP contribution in [0.4, 0.5) is 5.69 Å². The molecule has 2 rings (SSSR count). The summed E-state index contributed by atoms with van der Waals surface area (Å²) in [4.78, 5) is 22.2. The van der Waals surface area contributed by atoms with Gasteiger partial charge < -0.3 is 0 Å². The Morgan fingerprint density at radius 3 is 2.29 bits per heavy atom. The third kappa shape index (κ3) is 2.78. The molecule has 0 aliphatic heterocycles. The number of carbonyl (C=O) groups is 2. The van der Waals surface area contributed by atoms with E-state index in [1.807, 2.05) is 0 Å². The van der Waals surface area contributed by atoms with E-state index in [2.05, 4.69) is 11.4 Å². The summed E-state index contributed by atoms with van der Waals surface area (Å²) in [6, 6.07) is 16.0. The van der Waals surface area contributed by atoms with Crippen LogP contribution in [0.25, 0.3) is 0 Å². The van der Waals surface area contributed by atoms with E-state index in [9.17, 15) is 9.59 Å². The summed E-state index contributed by atoms with van der Waals surface area (Å²) >= 11 is 0. The number of benzene rings is 2. The minimum absolute atomic E-state index is 0.325. The highest BCUT2D eigenvalue weighted by molar-refractivity contribution is 5.97. The van der Waals surface area contributed by atoms with Crippen molar-refractivity contribution in [2.45, 2.75) is 0 Å². The normalized spacial score (nSPS) is 9.65. The number of hydrogen-bond donors (Lipinski definition) is 0. The molecule has 0 saturated carbocycles. The van der Waals surface area contributed by atoms with Gasteiger partial charge in [0.05, 0.1) is 5.69 Å². The lowest BCUT2D eigenvalue weighted by molar-refractivity contribution is 0.0968. The van der Waals surface area contributed by atoms with E-state index in [0.29, 0.717) is 16.8 Å². The molecule has 0 spiro atoms. The zero-order valence-electron chi connectivity index (χ0n) is 8.96. The minimum atomic E-state index is -0.325. The smallest absolute Gasteiger partial charge is 0.277 e. The van der Waals surface area contributed by atoms with Crippen LogP contribution < -0.4 is 5.32 Å². The maximum atomic E-state index is 11.7. The van der Waals surface area contributed by atoms with Crippen molar-refractivity contribution in [3.63, 3.8) is 0 Å².